The standard InChI is InChI=1S/C18H21NO4S/c1-20-15-7-12(8-16-18(15)23-11-22-16)10-19-13-4-5-21-14(9-13)17-3-2-6-24-17/h2-3,6-8,13-14,19H,4-5,9-11H2,1H3/t13-,14-/m1/s1. The third kappa shape index (κ3) is 3.22. The van der Waals surface area contributed by atoms with Crippen molar-refractivity contribution >= 4 is 11.3 Å². The maximum Gasteiger partial charge on any atom is 0.231 e. The lowest BCUT2D eigenvalue weighted by Crippen LogP contribution is -2.35. The molecule has 1 fully saturated rings. The molecule has 0 radical (unpaired) electrons. The molecule has 4 rings (SSSR count). The van der Waals surface area contributed by atoms with Gasteiger partial charge in [-0.2, -0.15) is 0 Å². The van der Waals surface area contributed by atoms with Crippen LogP contribution >= 0.6 is 11.3 Å². The smallest absolute Gasteiger partial charge is 0.231 e. The molecule has 1 N–H and O–H groups in total. The molecule has 0 unspecified atom stereocenters. The summed E-state index contributed by atoms with van der Waals surface area (Å²) in [5.41, 5.74) is 1.13. The molecular weight excluding hydrogens is 326 g/mol. The number of methoxy groups -OCH3 is 1. The van der Waals surface area contributed by atoms with Gasteiger partial charge in [-0.1, -0.05) is 6.07 Å². The maximum atomic E-state index is 5.92. The van der Waals surface area contributed by atoms with Crippen LogP contribution < -0.4 is 19.5 Å². The zero-order chi connectivity index (χ0) is 16.4. The average Bonchev–Trinajstić information content (AvgIpc) is 3.31. The van der Waals surface area contributed by atoms with E-state index in [1.165, 1.54) is 4.88 Å². The van der Waals surface area contributed by atoms with Crippen molar-refractivity contribution in [2.75, 3.05) is 20.5 Å². The van der Waals surface area contributed by atoms with E-state index in [2.05, 4.69) is 22.8 Å². The van der Waals surface area contributed by atoms with Crippen LogP contribution in [0.2, 0.25) is 0 Å². The van der Waals surface area contributed by atoms with Crippen LogP contribution in [0.25, 0.3) is 0 Å². The molecule has 0 saturated carbocycles. The van der Waals surface area contributed by atoms with Crippen LogP contribution in [0.4, 0.5) is 0 Å². The van der Waals surface area contributed by atoms with E-state index in [4.69, 9.17) is 18.9 Å². The van der Waals surface area contributed by atoms with E-state index >= 15 is 0 Å². The first-order chi connectivity index (χ1) is 11.8. The summed E-state index contributed by atoms with van der Waals surface area (Å²) in [6.45, 7) is 1.82. The summed E-state index contributed by atoms with van der Waals surface area (Å²) in [4.78, 5) is 1.31. The van der Waals surface area contributed by atoms with Gasteiger partial charge in [0.2, 0.25) is 12.5 Å². The van der Waals surface area contributed by atoms with Crippen LogP contribution in [-0.2, 0) is 11.3 Å². The molecule has 0 amide bonds. The minimum Gasteiger partial charge on any atom is -0.493 e. The van der Waals surface area contributed by atoms with E-state index in [1.54, 1.807) is 18.4 Å². The van der Waals surface area contributed by atoms with Crippen LogP contribution in [0, 0.1) is 0 Å². The molecule has 0 aliphatic carbocycles. The Morgan fingerprint density at radius 1 is 1.33 bits per heavy atom. The number of hydrogen-bond acceptors (Lipinski definition) is 6. The van der Waals surface area contributed by atoms with E-state index in [9.17, 15) is 0 Å². The van der Waals surface area contributed by atoms with Gasteiger partial charge in [-0.3, -0.25) is 0 Å². The highest BCUT2D eigenvalue weighted by atomic mass is 32.1. The molecule has 1 saturated heterocycles. The highest BCUT2D eigenvalue weighted by Gasteiger charge is 2.25. The van der Waals surface area contributed by atoms with Crippen molar-refractivity contribution in [3.63, 3.8) is 0 Å². The van der Waals surface area contributed by atoms with Crippen LogP contribution in [0.15, 0.2) is 29.6 Å². The second kappa shape index (κ2) is 7.01. The lowest BCUT2D eigenvalue weighted by Gasteiger charge is -2.29. The van der Waals surface area contributed by atoms with Crippen LogP contribution in [-0.4, -0.2) is 26.6 Å². The monoisotopic (exact) mass is 347 g/mol. The van der Waals surface area contributed by atoms with E-state index in [1.807, 2.05) is 12.1 Å². The van der Waals surface area contributed by atoms with Gasteiger partial charge in [0, 0.05) is 24.1 Å². The van der Waals surface area contributed by atoms with Crippen LogP contribution in [0.1, 0.15) is 29.4 Å². The van der Waals surface area contributed by atoms with Gasteiger partial charge in [0.15, 0.2) is 11.5 Å². The van der Waals surface area contributed by atoms with E-state index in [-0.39, 0.29) is 12.9 Å². The SMILES string of the molecule is COc1cc(CN[C@@H]2CCO[C@@H](c3cccs3)C2)cc2c1OCO2. The second-order valence-corrected chi connectivity index (χ2v) is 6.99. The van der Waals surface area contributed by atoms with E-state index in [0.717, 1.165) is 43.1 Å². The predicted octanol–water partition coefficient (Wildman–Crippen LogP) is 3.50. The highest BCUT2D eigenvalue weighted by Crippen LogP contribution is 2.41. The molecule has 6 heteroatoms. The van der Waals surface area contributed by atoms with Crippen molar-refractivity contribution in [3.05, 3.63) is 40.1 Å². The van der Waals surface area contributed by atoms with Gasteiger partial charge in [-0.15, -0.1) is 11.3 Å². The highest BCUT2D eigenvalue weighted by molar-refractivity contribution is 7.10. The number of benzene rings is 1. The summed E-state index contributed by atoms with van der Waals surface area (Å²) in [6.07, 6.45) is 2.24. The first kappa shape index (κ1) is 15.7. The number of fused-ring (bicyclic) bond motifs is 1. The molecule has 2 aromatic rings. The lowest BCUT2D eigenvalue weighted by molar-refractivity contribution is 0.00206. The Kier molecular flexibility index (Phi) is 4.60. The molecule has 0 spiro atoms. The number of rotatable bonds is 5. The number of thiophene rings is 1. The Morgan fingerprint density at radius 2 is 2.29 bits per heavy atom. The first-order valence-corrected chi connectivity index (χ1v) is 9.06. The van der Waals surface area contributed by atoms with Crippen molar-refractivity contribution in [1.82, 2.24) is 5.32 Å². The topological polar surface area (TPSA) is 49.0 Å². The van der Waals surface area contributed by atoms with Gasteiger partial charge in [-0.05, 0) is 42.0 Å². The quantitative estimate of drug-likeness (QED) is 0.897. The largest absolute Gasteiger partial charge is 0.493 e. The third-order valence-corrected chi connectivity index (χ3v) is 5.42. The third-order valence-electron chi connectivity index (χ3n) is 4.46. The molecule has 0 bridgehead atoms. The Morgan fingerprint density at radius 3 is 3.12 bits per heavy atom. The van der Waals surface area contributed by atoms with Crippen molar-refractivity contribution in [3.8, 4) is 17.2 Å². The Balaban J connectivity index is 1.40. The van der Waals surface area contributed by atoms with Crippen molar-refractivity contribution in [2.45, 2.75) is 31.5 Å². The van der Waals surface area contributed by atoms with Crippen LogP contribution in [0.5, 0.6) is 17.2 Å². The molecule has 5 nitrogen and oxygen atoms in total. The summed E-state index contributed by atoms with van der Waals surface area (Å²) in [5, 5.41) is 5.75. The van der Waals surface area contributed by atoms with Gasteiger partial charge in [0.05, 0.1) is 13.2 Å². The van der Waals surface area contributed by atoms with Gasteiger partial charge < -0.3 is 24.3 Å². The lowest BCUT2D eigenvalue weighted by atomic mass is 10.0. The minimum absolute atomic E-state index is 0.211. The fraction of sp³-hybridized carbons (Fsp3) is 0.444. The van der Waals surface area contributed by atoms with Crippen LogP contribution in [0.3, 0.4) is 0 Å². The summed E-state index contributed by atoms with van der Waals surface area (Å²) < 4.78 is 22.3. The fourth-order valence-corrected chi connectivity index (χ4v) is 3.99. The minimum atomic E-state index is 0.211. The van der Waals surface area contributed by atoms with Gasteiger partial charge in [-0.25, -0.2) is 0 Å². The molecule has 128 valence electrons. The Bertz CT molecular complexity index is 689. The first-order valence-electron chi connectivity index (χ1n) is 8.18. The van der Waals surface area contributed by atoms with Crippen molar-refractivity contribution in [2.24, 2.45) is 0 Å². The second-order valence-electron chi connectivity index (χ2n) is 6.01. The maximum absolute atomic E-state index is 5.92. The molecule has 1 aromatic heterocycles. The summed E-state index contributed by atoms with van der Waals surface area (Å²) in [6, 6.07) is 8.71. The molecule has 2 aliphatic heterocycles. The number of hydrogen-bond donors (Lipinski definition) is 1. The molecule has 2 aliphatic rings. The Hall–Kier alpha value is -1.76. The molecule has 3 heterocycles. The summed E-state index contributed by atoms with van der Waals surface area (Å²) in [5.74, 6) is 2.19. The molecular formula is C18H21NO4S. The average molecular weight is 347 g/mol. The van der Waals surface area contributed by atoms with Gasteiger partial charge in [0.25, 0.3) is 0 Å². The predicted molar refractivity (Wildman–Crippen MR) is 92.0 cm³/mol. The number of nitrogens with one attached hydrogen (secondary N) is 1. The van der Waals surface area contributed by atoms with Gasteiger partial charge in [0.1, 0.15) is 0 Å². The zero-order valence-electron chi connectivity index (χ0n) is 13.6. The van der Waals surface area contributed by atoms with Crippen molar-refractivity contribution in [1.29, 1.82) is 0 Å². The molecule has 2 atom stereocenters. The van der Waals surface area contributed by atoms with Gasteiger partial charge >= 0.3 is 0 Å². The summed E-state index contributed by atoms with van der Waals surface area (Å²) in [7, 11) is 1.65. The number of ether oxygens (including phenoxy) is 4. The Labute approximate surface area is 145 Å². The fourth-order valence-electron chi connectivity index (χ4n) is 3.20. The van der Waals surface area contributed by atoms with Crippen molar-refractivity contribution < 1.29 is 18.9 Å². The summed E-state index contributed by atoms with van der Waals surface area (Å²) >= 11 is 1.76. The molecule has 24 heavy (non-hydrogen) atoms. The van der Waals surface area contributed by atoms with E-state index < -0.39 is 0 Å². The normalized spacial score (nSPS) is 22.5. The van der Waals surface area contributed by atoms with E-state index in [0.29, 0.717) is 11.8 Å². The molecule has 1 aromatic carbocycles. The zero-order valence-corrected chi connectivity index (χ0v) is 14.4.